The molecule has 27 heavy (non-hydrogen) atoms. The van der Waals surface area contributed by atoms with Crippen molar-refractivity contribution in [3.63, 3.8) is 0 Å². The first-order valence-corrected chi connectivity index (χ1v) is 9.27. The molecule has 1 N–H and O–H groups in total. The van der Waals surface area contributed by atoms with Crippen molar-refractivity contribution >= 4 is 11.8 Å². The molecule has 5 heteroatoms. The molecule has 1 aliphatic heterocycles. The number of allylic oxidation sites excluding steroid dienone is 4. The van der Waals surface area contributed by atoms with E-state index in [4.69, 9.17) is 4.74 Å². The molecule has 0 spiro atoms. The van der Waals surface area contributed by atoms with E-state index in [2.05, 4.69) is 17.0 Å². The third-order valence-electron chi connectivity index (χ3n) is 5.21. The smallest absolute Gasteiger partial charge is 0.332 e. The van der Waals surface area contributed by atoms with Crippen LogP contribution in [0.2, 0.25) is 0 Å². The largest absolute Gasteiger partial charge is 0.497 e. The summed E-state index contributed by atoms with van der Waals surface area (Å²) in [5.41, 5.74) is 1.73. The Morgan fingerprint density at radius 1 is 1.15 bits per heavy atom. The molecule has 1 aromatic carbocycles. The average Bonchev–Trinajstić information content (AvgIpc) is 2.91. The normalized spacial score (nSPS) is 18.8. The zero-order chi connectivity index (χ0) is 19.2. The number of carbonyl (C=O) groups is 2. The molecule has 0 amide bonds. The summed E-state index contributed by atoms with van der Waals surface area (Å²) in [7, 11) is 1.53. The van der Waals surface area contributed by atoms with E-state index in [0.717, 1.165) is 32.5 Å². The molecule has 1 fully saturated rings. The Kier molecular flexibility index (Phi) is 6.24. The van der Waals surface area contributed by atoms with Crippen LogP contribution < -0.4 is 0 Å². The Bertz CT molecular complexity index is 784. The summed E-state index contributed by atoms with van der Waals surface area (Å²) in [6, 6.07) is 10.3. The number of Topliss-reactive ketones (excluding diaryl/α,β-unsaturated/α-hetero) is 1. The lowest BCUT2D eigenvalue weighted by Crippen LogP contribution is -2.36. The van der Waals surface area contributed by atoms with Crippen LogP contribution in [0, 0.1) is 5.92 Å². The van der Waals surface area contributed by atoms with Gasteiger partial charge in [0.1, 0.15) is 5.76 Å². The summed E-state index contributed by atoms with van der Waals surface area (Å²) < 4.78 is 5.18. The van der Waals surface area contributed by atoms with Crippen LogP contribution in [0.25, 0.3) is 0 Å². The lowest BCUT2D eigenvalue weighted by atomic mass is 9.86. The van der Waals surface area contributed by atoms with E-state index < -0.39 is 5.97 Å². The molecule has 1 aliphatic carbocycles. The molecule has 3 rings (SSSR count). The van der Waals surface area contributed by atoms with Crippen molar-refractivity contribution in [2.75, 3.05) is 20.2 Å². The number of likely N-dealkylation sites (tertiary alicyclic amines) is 1. The number of benzene rings is 1. The van der Waals surface area contributed by atoms with Crippen molar-refractivity contribution in [3.05, 3.63) is 71.0 Å². The van der Waals surface area contributed by atoms with Crippen LogP contribution in [0.1, 0.15) is 24.8 Å². The Hall–Kier alpha value is -2.66. The van der Waals surface area contributed by atoms with Crippen molar-refractivity contribution in [2.45, 2.75) is 25.8 Å². The van der Waals surface area contributed by atoms with Crippen molar-refractivity contribution in [1.82, 2.24) is 4.90 Å². The Morgan fingerprint density at radius 2 is 1.85 bits per heavy atom. The summed E-state index contributed by atoms with van der Waals surface area (Å²) in [5, 5.41) is 9.52. The number of ketones is 1. The van der Waals surface area contributed by atoms with Crippen molar-refractivity contribution in [1.29, 1.82) is 0 Å². The number of piperidine rings is 1. The molecular formula is C22H25NO4. The lowest BCUT2D eigenvalue weighted by molar-refractivity contribution is -0.133. The Labute approximate surface area is 159 Å². The highest BCUT2D eigenvalue weighted by Crippen LogP contribution is 2.27. The van der Waals surface area contributed by atoms with Crippen LogP contribution >= 0.6 is 0 Å². The van der Waals surface area contributed by atoms with Gasteiger partial charge in [-0.05, 0) is 49.7 Å². The number of nitrogens with zero attached hydrogens (tertiary/aromatic N) is 1. The van der Waals surface area contributed by atoms with Gasteiger partial charge >= 0.3 is 5.97 Å². The van der Waals surface area contributed by atoms with Gasteiger partial charge in [0.2, 0.25) is 0 Å². The molecule has 0 radical (unpaired) electrons. The molecule has 1 heterocycles. The fourth-order valence-electron chi connectivity index (χ4n) is 3.65. The number of rotatable bonds is 6. The molecule has 1 saturated heterocycles. The van der Waals surface area contributed by atoms with E-state index in [9.17, 15) is 14.7 Å². The fourth-order valence-corrected chi connectivity index (χ4v) is 3.65. The van der Waals surface area contributed by atoms with Gasteiger partial charge < -0.3 is 9.84 Å². The number of methoxy groups -OCH3 is 1. The zero-order valence-electron chi connectivity index (χ0n) is 15.6. The van der Waals surface area contributed by atoms with Crippen LogP contribution in [0.4, 0.5) is 0 Å². The molecule has 0 saturated carbocycles. The van der Waals surface area contributed by atoms with Crippen LogP contribution in [-0.4, -0.2) is 42.0 Å². The standard InChI is InChI=1S/C22H25NO4/c1-27-18-7-9-19(20(10-8-18)22(25)26)21(24)17-11-13-23(14-12-17)15-16-5-3-2-4-6-16/h2-9,17H,10-15H2,1H3,(H,25,26). The van der Waals surface area contributed by atoms with Crippen LogP contribution in [-0.2, 0) is 20.9 Å². The highest BCUT2D eigenvalue weighted by molar-refractivity contribution is 6.06. The summed E-state index contributed by atoms with van der Waals surface area (Å²) in [6.07, 6.45) is 6.67. The SMILES string of the molecule is COC1=CCC(C(=O)O)=C(C(=O)C2CCN(Cc3ccccc3)CC2)C=C1. The molecule has 1 aromatic rings. The predicted octanol–water partition coefficient (Wildman–Crippen LogP) is 3.34. The topological polar surface area (TPSA) is 66.8 Å². The first kappa shape index (κ1) is 19.1. The van der Waals surface area contributed by atoms with Gasteiger partial charge in [0, 0.05) is 24.5 Å². The van der Waals surface area contributed by atoms with E-state index in [1.54, 1.807) is 18.2 Å². The van der Waals surface area contributed by atoms with E-state index in [-0.39, 0.29) is 23.7 Å². The van der Waals surface area contributed by atoms with Crippen molar-refractivity contribution < 1.29 is 19.4 Å². The molecule has 5 nitrogen and oxygen atoms in total. The Morgan fingerprint density at radius 3 is 2.48 bits per heavy atom. The maximum atomic E-state index is 13.0. The number of aliphatic carboxylic acids is 1. The van der Waals surface area contributed by atoms with Gasteiger partial charge in [-0.3, -0.25) is 9.69 Å². The molecular weight excluding hydrogens is 342 g/mol. The van der Waals surface area contributed by atoms with Gasteiger partial charge in [-0.25, -0.2) is 4.79 Å². The maximum Gasteiger partial charge on any atom is 0.332 e. The highest BCUT2D eigenvalue weighted by Gasteiger charge is 2.29. The number of carboxylic acid groups (broad SMARTS) is 1. The molecule has 0 unspecified atom stereocenters. The van der Waals surface area contributed by atoms with Crippen LogP contribution in [0.5, 0.6) is 0 Å². The second kappa shape index (κ2) is 8.82. The monoisotopic (exact) mass is 367 g/mol. The molecule has 0 aromatic heterocycles. The maximum absolute atomic E-state index is 13.0. The number of carboxylic acids is 1. The lowest BCUT2D eigenvalue weighted by Gasteiger charge is -2.31. The van der Waals surface area contributed by atoms with Crippen molar-refractivity contribution in [3.8, 4) is 0 Å². The predicted molar refractivity (Wildman–Crippen MR) is 103 cm³/mol. The van der Waals surface area contributed by atoms with Crippen molar-refractivity contribution in [2.24, 2.45) is 5.92 Å². The summed E-state index contributed by atoms with van der Waals surface area (Å²) in [6.45, 7) is 2.56. The second-order valence-corrected chi connectivity index (χ2v) is 6.95. The van der Waals surface area contributed by atoms with E-state index >= 15 is 0 Å². The Balaban J connectivity index is 1.66. The average molecular weight is 367 g/mol. The van der Waals surface area contributed by atoms with E-state index in [0.29, 0.717) is 11.3 Å². The third kappa shape index (κ3) is 4.74. The zero-order valence-corrected chi connectivity index (χ0v) is 15.6. The van der Waals surface area contributed by atoms with Gasteiger partial charge in [0.15, 0.2) is 5.78 Å². The van der Waals surface area contributed by atoms with Gasteiger partial charge in [-0.15, -0.1) is 0 Å². The summed E-state index contributed by atoms with van der Waals surface area (Å²) in [4.78, 5) is 27.0. The second-order valence-electron chi connectivity index (χ2n) is 6.95. The molecule has 0 bridgehead atoms. The minimum atomic E-state index is -1.04. The molecule has 142 valence electrons. The highest BCUT2D eigenvalue weighted by atomic mass is 16.5. The summed E-state index contributed by atoms with van der Waals surface area (Å²) >= 11 is 0. The minimum Gasteiger partial charge on any atom is -0.497 e. The van der Waals surface area contributed by atoms with E-state index in [1.165, 1.54) is 12.7 Å². The van der Waals surface area contributed by atoms with Gasteiger partial charge in [0.25, 0.3) is 0 Å². The first-order chi connectivity index (χ1) is 13.1. The van der Waals surface area contributed by atoms with Gasteiger partial charge in [-0.1, -0.05) is 30.3 Å². The van der Waals surface area contributed by atoms with E-state index in [1.807, 2.05) is 18.2 Å². The quantitative estimate of drug-likeness (QED) is 0.835. The fraction of sp³-hybridized carbons (Fsp3) is 0.364. The number of hydrogen-bond acceptors (Lipinski definition) is 4. The van der Waals surface area contributed by atoms with Gasteiger partial charge in [0.05, 0.1) is 12.7 Å². The number of hydrogen-bond donors (Lipinski definition) is 1. The molecule has 0 atom stereocenters. The van der Waals surface area contributed by atoms with Crippen LogP contribution in [0.15, 0.2) is 65.5 Å². The number of ether oxygens (including phenoxy) is 1. The third-order valence-corrected chi connectivity index (χ3v) is 5.21. The number of carbonyl (C=O) groups excluding carboxylic acids is 1. The first-order valence-electron chi connectivity index (χ1n) is 9.27. The molecule has 2 aliphatic rings. The summed E-state index contributed by atoms with van der Waals surface area (Å²) in [5.74, 6) is -0.656. The van der Waals surface area contributed by atoms with Gasteiger partial charge in [-0.2, -0.15) is 0 Å². The minimum absolute atomic E-state index is 0.0613. The van der Waals surface area contributed by atoms with Crippen LogP contribution in [0.3, 0.4) is 0 Å².